The van der Waals surface area contributed by atoms with Crippen LogP contribution in [-0.2, 0) is 5.54 Å². The molecule has 2 heterocycles. The molecular formula is C17H19BrClN5O. The molecule has 0 aliphatic heterocycles. The molecule has 4 rings (SSSR count). The number of halogens is 2. The summed E-state index contributed by atoms with van der Waals surface area (Å²) in [6.45, 7) is 1.99. The molecule has 0 saturated heterocycles. The van der Waals surface area contributed by atoms with Gasteiger partial charge in [0.25, 0.3) is 5.89 Å². The molecule has 0 atom stereocenters. The summed E-state index contributed by atoms with van der Waals surface area (Å²) in [6, 6.07) is 7.97. The lowest BCUT2D eigenvalue weighted by molar-refractivity contribution is 0.372. The first-order chi connectivity index (χ1) is 11.6. The van der Waals surface area contributed by atoms with Gasteiger partial charge < -0.3 is 10.3 Å². The van der Waals surface area contributed by atoms with E-state index in [1.165, 1.54) is 0 Å². The molecule has 0 bridgehead atoms. The molecular weight excluding hydrogens is 406 g/mol. The van der Waals surface area contributed by atoms with Crippen LogP contribution in [0.2, 0.25) is 0 Å². The van der Waals surface area contributed by atoms with Crippen molar-refractivity contribution in [2.75, 3.05) is 0 Å². The summed E-state index contributed by atoms with van der Waals surface area (Å²) in [4.78, 5) is 4.55. The summed E-state index contributed by atoms with van der Waals surface area (Å²) in [6.07, 6.45) is 5.79. The van der Waals surface area contributed by atoms with Crippen LogP contribution < -0.4 is 5.73 Å². The Morgan fingerprint density at radius 3 is 2.76 bits per heavy atom. The fourth-order valence-electron chi connectivity index (χ4n) is 3.25. The van der Waals surface area contributed by atoms with E-state index in [-0.39, 0.29) is 12.4 Å². The van der Waals surface area contributed by atoms with Crippen LogP contribution in [0.4, 0.5) is 0 Å². The number of hydrogen-bond acceptors (Lipinski definition) is 5. The Labute approximate surface area is 160 Å². The van der Waals surface area contributed by atoms with Crippen molar-refractivity contribution < 1.29 is 4.52 Å². The zero-order valence-corrected chi connectivity index (χ0v) is 16.2. The van der Waals surface area contributed by atoms with Gasteiger partial charge in [-0.1, -0.05) is 40.0 Å². The lowest BCUT2D eigenvalue weighted by Gasteiger charge is -2.17. The number of nitrogens with zero attached hydrogens (tertiary/aromatic N) is 4. The van der Waals surface area contributed by atoms with Gasteiger partial charge in [-0.25, -0.2) is 4.68 Å². The van der Waals surface area contributed by atoms with E-state index in [1.807, 2.05) is 35.9 Å². The summed E-state index contributed by atoms with van der Waals surface area (Å²) >= 11 is 3.49. The second kappa shape index (κ2) is 6.90. The minimum Gasteiger partial charge on any atom is -0.334 e. The molecule has 2 aromatic heterocycles. The molecule has 1 aromatic carbocycles. The number of rotatable bonds is 3. The zero-order valence-electron chi connectivity index (χ0n) is 13.8. The number of hydrogen-bond donors (Lipinski definition) is 1. The average Bonchev–Trinajstić information content (AvgIpc) is 3.27. The van der Waals surface area contributed by atoms with Gasteiger partial charge in [0.05, 0.1) is 28.7 Å². The SMILES string of the molecule is Cc1c(-c2nc(C3(N)CCCC3)no2)cnn1-c1cccc(Br)c1.Cl. The molecule has 132 valence electrons. The Balaban J connectivity index is 0.00000182. The third-order valence-electron chi connectivity index (χ3n) is 4.66. The summed E-state index contributed by atoms with van der Waals surface area (Å²) in [5.41, 5.74) is 8.71. The molecule has 0 amide bonds. The average molecular weight is 425 g/mol. The topological polar surface area (TPSA) is 82.8 Å². The van der Waals surface area contributed by atoms with Crippen LogP contribution in [0.5, 0.6) is 0 Å². The second-order valence-corrected chi connectivity index (χ2v) is 7.24. The normalized spacial score (nSPS) is 16.0. The Hall–Kier alpha value is -1.70. The van der Waals surface area contributed by atoms with Gasteiger partial charge in [-0.05, 0) is 38.0 Å². The van der Waals surface area contributed by atoms with Gasteiger partial charge in [-0.15, -0.1) is 12.4 Å². The third-order valence-corrected chi connectivity index (χ3v) is 5.15. The van der Waals surface area contributed by atoms with Crippen LogP contribution >= 0.6 is 28.3 Å². The predicted molar refractivity (Wildman–Crippen MR) is 101 cm³/mol. The number of benzene rings is 1. The molecule has 25 heavy (non-hydrogen) atoms. The van der Waals surface area contributed by atoms with E-state index >= 15 is 0 Å². The molecule has 0 unspecified atom stereocenters. The molecule has 0 spiro atoms. The van der Waals surface area contributed by atoms with Gasteiger partial charge in [0.15, 0.2) is 5.82 Å². The van der Waals surface area contributed by atoms with Crippen molar-refractivity contribution in [2.24, 2.45) is 5.73 Å². The number of aromatic nitrogens is 4. The highest BCUT2D eigenvalue weighted by Crippen LogP contribution is 2.35. The first-order valence-electron chi connectivity index (χ1n) is 8.01. The van der Waals surface area contributed by atoms with Crippen LogP contribution in [0.1, 0.15) is 37.2 Å². The fraction of sp³-hybridized carbons (Fsp3) is 0.353. The van der Waals surface area contributed by atoms with Crippen LogP contribution in [0.25, 0.3) is 17.1 Å². The quantitative estimate of drug-likeness (QED) is 0.683. The van der Waals surface area contributed by atoms with Crippen molar-refractivity contribution in [1.29, 1.82) is 0 Å². The van der Waals surface area contributed by atoms with Crippen molar-refractivity contribution in [3.8, 4) is 17.1 Å². The lowest BCUT2D eigenvalue weighted by Crippen LogP contribution is -2.34. The van der Waals surface area contributed by atoms with Crippen molar-refractivity contribution in [3.63, 3.8) is 0 Å². The van der Waals surface area contributed by atoms with Crippen LogP contribution in [0.3, 0.4) is 0 Å². The van der Waals surface area contributed by atoms with E-state index in [2.05, 4.69) is 31.2 Å². The van der Waals surface area contributed by atoms with Gasteiger partial charge in [0.2, 0.25) is 0 Å². The smallest absolute Gasteiger partial charge is 0.261 e. The van der Waals surface area contributed by atoms with Crippen LogP contribution in [0, 0.1) is 6.92 Å². The molecule has 6 nitrogen and oxygen atoms in total. The molecule has 1 aliphatic carbocycles. The standard InChI is InChI=1S/C17H18BrN5O.ClH/c1-11-14(10-20-23(11)13-6-4-5-12(18)9-13)15-21-16(22-24-15)17(19)7-2-3-8-17;/h4-6,9-10H,2-3,7-8,19H2,1H3;1H. The largest absolute Gasteiger partial charge is 0.334 e. The van der Waals surface area contributed by atoms with Crippen molar-refractivity contribution >= 4 is 28.3 Å². The third kappa shape index (κ3) is 3.23. The fourth-order valence-corrected chi connectivity index (χ4v) is 3.64. The van der Waals surface area contributed by atoms with Crippen molar-refractivity contribution in [2.45, 2.75) is 38.1 Å². The molecule has 1 aliphatic rings. The Kier molecular flexibility index (Phi) is 4.99. The first-order valence-corrected chi connectivity index (χ1v) is 8.80. The minimum absolute atomic E-state index is 0. The van der Waals surface area contributed by atoms with E-state index in [1.54, 1.807) is 6.20 Å². The summed E-state index contributed by atoms with van der Waals surface area (Å²) in [5.74, 6) is 1.07. The monoisotopic (exact) mass is 423 g/mol. The highest BCUT2D eigenvalue weighted by molar-refractivity contribution is 9.10. The molecule has 2 N–H and O–H groups in total. The highest BCUT2D eigenvalue weighted by atomic mass is 79.9. The Bertz CT molecular complexity index is 885. The van der Waals surface area contributed by atoms with Gasteiger partial charge in [0, 0.05) is 4.47 Å². The molecule has 1 saturated carbocycles. The lowest BCUT2D eigenvalue weighted by atomic mass is 9.99. The van der Waals surface area contributed by atoms with Crippen LogP contribution in [-0.4, -0.2) is 19.9 Å². The molecule has 3 aromatic rings. The zero-order chi connectivity index (χ0) is 16.7. The van der Waals surface area contributed by atoms with Gasteiger partial charge >= 0.3 is 0 Å². The summed E-state index contributed by atoms with van der Waals surface area (Å²) < 4.78 is 8.34. The maximum atomic E-state index is 6.41. The minimum atomic E-state index is -0.448. The number of nitrogens with two attached hydrogens (primary N) is 1. The maximum Gasteiger partial charge on any atom is 0.261 e. The first kappa shape index (κ1) is 18.1. The van der Waals surface area contributed by atoms with E-state index in [0.29, 0.717) is 11.7 Å². The maximum absolute atomic E-state index is 6.41. The van der Waals surface area contributed by atoms with E-state index in [4.69, 9.17) is 10.3 Å². The molecule has 0 radical (unpaired) electrons. The van der Waals surface area contributed by atoms with E-state index < -0.39 is 5.54 Å². The molecule has 8 heteroatoms. The van der Waals surface area contributed by atoms with Crippen molar-refractivity contribution in [1.82, 2.24) is 19.9 Å². The summed E-state index contributed by atoms with van der Waals surface area (Å²) in [7, 11) is 0. The Morgan fingerprint density at radius 2 is 2.04 bits per heavy atom. The molecule has 1 fully saturated rings. The second-order valence-electron chi connectivity index (χ2n) is 6.32. The Morgan fingerprint density at radius 1 is 1.28 bits per heavy atom. The predicted octanol–water partition coefficient (Wildman–Crippen LogP) is 4.14. The van der Waals surface area contributed by atoms with Gasteiger partial charge in [0.1, 0.15) is 0 Å². The highest BCUT2D eigenvalue weighted by Gasteiger charge is 2.36. The van der Waals surface area contributed by atoms with Crippen molar-refractivity contribution in [3.05, 3.63) is 46.5 Å². The van der Waals surface area contributed by atoms with Gasteiger partial charge in [-0.3, -0.25) is 0 Å². The van der Waals surface area contributed by atoms with Gasteiger partial charge in [-0.2, -0.15) is 10.1 Å². The summed E-state index contributed by atoms with van der Waals surface area (Å²) in [5, 5.41) is 8.59. The van der Waals surface area contributed by atoms with Crippen LogP contribution in [0.15, 0.2) is 39.5 Å². The van der Waals surface area contributed by atoms with E-state index in [9.17, 15) is 0 Å². The van der Waals surface area contributed by atoms with E-state index in [0.717, 1.165) is 47.1 Å².